The van der Waals surface area contributed by atoms with Gasteiger partial charge in [-0.1, -0.05) is 6.07 Å². The van der Waals surface area contributed by atoms with Crippen molar-refractivity contribution in [3.63, 3.8) is 0 Å². The SMILES string of the molecule is Cc1cccc(C(N)=C(C=[NH2+])c2ccc3ncc(-c4ccncc4)cc3n2)n1. The van der Waals surface area contributed by atoms with Crippen LogP contribution in [0.3, 0.4) is 0 Å². The molecule has 0 aliphatic carbocycles. The molecule has 6 nitrogen and oxygen atoms in total. The molecule has 0 aliphatic heterocycles. The highest BCUT2D eigenvalue weighted by molar-refractivity contribution is 6.16. The van der Waals surface area contributed by atoms with Crippen molar-refractivity contribution in [2.45, 2.75) is 6.92 Å². The quantitative estimate of drug-likeness (QED) is 0.537. The summed E-state index contributed by atoms with van der Waals surface area (Å²) in [5.74, 6) is 0. The van der Waals surface area contributed by atoms with Crippen molar-refractivity contribution in [2.75, 3.05) is 0 Å². The lowest BCUT2D eigenvalue weighted by Crippen LogP contribution is -2.31. The van der Waals surface area contributed by atoms with E-state index >= 15 is 0 Å². The van der Waals surface area contributed by atoms with E-state index in [1.807, 2.05) is 61.7 Å². The van der Waals surface area contributed by atoms with Gasteiger partial charge in [-0.3, -0.25) is 20.4 Å². The van der Waals surface area contributed by atoms with Crippen molar-refractivity contribution in [1.29, 1.82) is 0 Å². The molecule has 0 amide bonds. The molecule has 4 aromatic heterocycles. The van der Waals surface area contributed by atoms with Gasteiger partial charge in [-0.2, -0.15) is 0 Å². The lowest BCUT2D eigenvalue weighted by Gasteiger charge is -2.08. The molecule has 0 radical (unpaired) electrons. The maximum atomic E-state index is 6.36. The van der Waals surface area contributed by atoms with E-state index in [9.17, 15) is 0 Å². The summed E-state index contributed by atoms with van der Waals surface area (Å²) in [6, 6.07) is 15.3. The van der Waals surface area contributed by atoms with Gasteiger partial charge in [0.25, 0.3) is 0 Å². The van der Waals surface area contributed by atoms with Crippen molar-refractivity contribution in [3.05, 3.63) is 84.2 Å². The lowest BCUT2D eigenvalue weighted by atomic mass is 10.1. The van der Waals surface area contributed by atoms with Crippen LogP contribution in [0, 0.1) is 6.92 Å². The number of aromatic nitrogens is 4. The van der Waals surface area contributed by atoms with Crippen LogP contribution in [0.1, 0.15) is 17.1 Å². The fourth-order valence-electron chi connectivity index (χ4n) is 3.00. The van der Waals surface area contributed by atoms with Crippen LogP contribution >= 0.6 is 0 Å². The highest BCUT2D eigenvalue weighted by Crippen LogP contribution is 2.24. The summed E-state index contributed by atoms with van der Waals surface area (Å²) < 4.78 is 0. The minimum Gasteiger partial charge on any atom is -0.396 e. The third kappa shape index (κ3) is 3.35. The number of pyridine rings is 4. The molecular weight excluding hydrogens is 348 g/mol. The number of nitrogens with zero attached hydrogens (tertiary/aromatic N) is 4. The third-order valence-corrected chi connectivity index (χ3v) is 4.45. The summed E-state index contributed by atoms with van der Waals surface area (Å²) in [6.45, 7) is 1.92. The molecule has 0 saturated carbocycles. The van der Waals surface area contributed by atoms with Gasteiger partial charge in [0.2, 0.25) is 0 Å². The van der Waals surface area contributed by atoms with Gasteiger partial charge in [0, 0.05) is 29.8 Å². The van der Waals surface area contributed by atoms with Crippen molar-refractivity contribution in [2.24, 2.45) is 5.73 Å². The molecule has 136 valence electrons. The Labute approximate surface area is 162 Å². The molecule has 0 saturated heterocycles. The summed E-state index contributed by atoms with van der Waals surface area (Å²) in [7, 11) is 0. The summed E-state index contributed by atoms with van der Waals surface area (Å²) in [6.07, 6.45) is 6.80. The van der Waals surface area contributed by atoms with Gasteiger partial charge in [-0.25, -0.2) is 4.98 Å². The normalized spacial score (nSPS) is 11.9. The molecule has 0 aromatic carbocycles. The highest BCUT2D eigenvalue weighted by Gasteiger charge is 2.13. The van der Waals surface area contributed by atoms with E-state index in [-0.39, 0.29) is 0 Å². The Hall–Kier alpha value is -3.93. The van der Waals surface area contributed by atoms with Crippen LogP contribution in [-0.4, -0.2) is 26.2 Å². The molecule has 0 fully saturated rings. The van der Waals surface area contributed by atoms with Gasteiger partial charge in [0.15, 0.2) is 6.21 Å². The first-order valence-corrected chi connectivity index (χ1v) is 8.82. The second-order valence-electron chi connectivity index (χ2n) is 6.35. The van der Waals surface area contributed by atoms with E-state index < -0.39 is 0 Å². The molecule has 4 rings (SSSR count). The van der Waals surface area contributed by atoms with E-state index in [2.05, 4.69) is 15.0 Å². The molecule has 0 unspecified atom stereocenters. The zero-order valence-electron chi connectivity index (χ0n) is 15.4. The Kier molecular flexibility index (Phi) is 4.60. The Balaban J connectivity index is 1.83. The van der Waals surface area contributed by atoms with Crippen LogP contribution in [-0.2, 0) is 0 Å². The molecule has 0 aliphatic rings. The predicted octanol–water partition coefficient (Wildman–Crippen LogP) is 2.05. The van der Waals surface area contributed by atoms with Crippen molar-refractivity contribution in [3.8, 4) is 11.1 Å². The molecule has 6 heteroatoms. The number of hydrogen-bond acceptors (Lipinski definition) is 5. The highest BCUT2D eigenvalue weighted by atomic mass is 14.8. The van der Waals surface area contributed by atoms with Crippen LogP contribution in [0.25, 0.3) is 33.4 Å². The number of fused-ring (bicyclic) bond motifs is 1. The number of allylic oxidation sites excluding steroid dienone is 1. The molecule has 0 spiro atoms. The zero-order valence-corrected chi connectivity index (χ0v) is 15.4. The number of hydrogen-bond donors (Lipinski definition) is 2. The molecule has 4 N–H and O–H groups in total. The Morgan fingerprint density at radius 2 is 1.75 bits per heavy atom. The first kappa shape index (κ1) is 17.5. The van der Waals surface area contributed by atoms with Gasteiger partial charge in [-0.05, 0) is 55.0 Å². The average molecular weight is 367 g/mol. The first-order chi connectivity index (χ1) is 13.7. The summed E-state index contributed by atoms with van der Waals surface area (Å²) in [4.78, 5) is 17.8. The predicted molar refractivity (Wildman–Crippen MR) is 111 cm³/mol. The average Bonchev–Trinajstić information content (AvgIpc) is 2.74. The maximum absolute atomic E-state index is 6.36. The Bertz CT molecular complexity index is 1200. The van der Waals surface area contributed by atoms with Crippen molar-refractivity contribution < 1.29 is 5.41 Å². The number of aryl methyl sites for hydroxylation is 1. The van der Waals surface area contributed by atoms with E-state index in [1.54, 1.807) is 12.4 Å². The third-order valence-electron chi connectivity index (χ3n) is 4.45. The standard InChI is InChI=1S/C22H18N6/c1-14-3-2-4-20(27-14)22(24)17(12-23)18-5-6-19-21(28-18)11-16(13-26-19)15-7-9-25-10-8-15/h2-13,23H,24H2,1H3/p+1. The number of rotatable bonds is 4. The molecule has 28 heavy (non-hydrogen) atoms. The fourth-order valence-corrected chi connectivity index (χ4v) is 3.00. The molecule has 0 atom stereocenters. The van der Waals surface area contributed by atoms with Crippen LogP contribution in [0.2, 0.25) is 0 Å². The molecule has 4 heterocycles. The van der Waals surface area contributed by atoms with E-state index in [0.717, 1.165) is 27.9 Å². The van der Waals surface area contributed by atoms with Crippen LogP contribution in [0.5, 0.6) is 0 Å². The van der Waals surface area contributed by atoms with Gasteiger partial charge in [-0.15, -0.1) is 0 Å². The van der Waals surface area contributed by atoms with E-state index in [1.165, 1.54) is 6.21 Å². The van der Waals surface area contributed by atoms with Gasteiger partial charge in [0.05, 0.1) is 33.7 Å². The zero-order chi connectivity index (χ0) is 19.5. The molecular formula is C22H19N6+. The minimum atomic E-state index is 0.483. The van der Waals surface area contributed by atoms with Gasteiger partial charge < -0.3 is 5.73 Å². The Morgan fingerprint density at radius 3 is 2.50 bits per heavy atom. The minimum absolute atomic E-state index is 0.483. The maximum Gasteiger partial charge on any atom is 0.171 e. The number of nitrogens with two attached hydrogens (primary N) is 2. The summed E-state index contributed by atoms with van der Waals surface area (Å²) in [5.41, 5.74) is 13.3. The summed E-state index contributed by atoms with van der Waals surface area (Å²) in [5, 5.41) is 5.89. The largest absolute Gasteiger partial charge is 0.396 e. The monoisotopic (exact) mass is 367 g/mol. The second-order valence-corrected chi connectivity index (χ2v) is 6.35. The van der Waals surface area contributed by atoms with E-state index in [0.29, 0.717) is 22.7 Å². The Morgan fingerprint density at radius 1 is 0.929 bits per heavy atom. The van der Waals surface area contributed by atoms with Crippen molar-refractivity contribution in [1.82, 2.24) is 19.9 Å². The van der Waals surface area contributed by atoms with Gasteiger partial charge in [0.1, 0.15) is 0 Å². The van der Waals surface area contributed by atoms with Crippen LogP contribution in [0.15, 0.2) is 67.1 Å². The smallest absolute Gasteiger partial charge is 0.171 e. The van der Waals surface area contributed by atoms with Gasteiger partial charge >= 0.3 is 0 Å². The molecule has 4 aromatic rings. The van der Waals surface area contributed by atoms with Crippen molar-refractivity contribution >= 4 is 28.5 Å². The van der Waals surface area contributed by atoms with E-state index in [4.69, 9.17) is 16.1 Å². The summed E-state index contributed by atoms with van der Waals surface area (Å²) >= 11 is 0. The first-order valence-electron chi connectivity index (χ1n) is 8.82. The molecule has 0 bridgehead atoms. The fraction of sp³-hybridized carbons (Fsp3) is 0.0455. The topological polar surface area (TPSA) is 103 Å². The second kappa shape index (κ2) is 7.36. The van der Waals surface area contributed by atoms with Crippen LogP contribution < -0.4 is 11.1 Å². The lowest BCUT2D eigenvalue weighted by molar-refractivity contribution is -0.103. The van der Waals surface area contributed by atoms with Crippen LogP contribution in [0.4, 0.5) is 0 Å².